The minimum Gasteiger partial charge on any atom is -0.494 e. The van der Waals surface area contributed by atoms with Gasteiger partial charge in [0.15, 0.2) is 0 Å². The van der Waals surface area contributed by atoms with Crippen LogP contribution in [0.5, 0.6) is 5.75 Å². The molecule has 0 radical (unpaired) electrons. The molecule has 0 atom stereocenters. The van der Waals surface area contributed by atoms with Gasteiger partial charge in [0, 0.05) is 31.2 Å². The molecule has 0 bridgehead atoms. The molecule has 2 heterocycles. The first-order chi connectivity index (χ1) is 15.4. The zero-order valence-electron chi connectivity index (χ0n) is 18.7. The molecule has 0 aromatic heterocycles. The number of carbonyl (C=O) groups is 2. The Bertz CT molecular complexity index is 1060. The first kappa shape index (κ1) is 22.4. The van der Waals surface area contributed by atoms with Gasteiger partial charge in [0.2, 0.25) is 0 Å². The molecular formula is C25H28ClN3O3. The molecule has 1 saturated heterocycles. The third kappa shape index (κ3) is 4.25. The average molecular weight is 454 g/mol. The highest BCUT2D eigenvalue weighted by atomic mass is 35.5. The molecule has 1 fully saturated rings. The number of piperazine rings is 1. The number of benzene rings is 2. The van der Waals surface area contributed by atoms with Crippen LogP contribution in [0.1, 0.15) is 24.5 Å². The lowest BCUT2D eigenvalue weighted by molar-refractivity contribution is -0.120. The number of hydrogen-bond donors (Lipinski definition) is 0. The van der Waals surface area contributed by atoms with E-state index in [1.165, 1.54) is 4.90 Å². The highest BCUT2D eigenvalue weighted by molar-refractivity contribution is 6.45. The molecule has 2 aliphatic rings. The van der Waals surface area contributed by atoms with Crippen LogP contribution in [0.2, 0.25) is 5.02 Å². The summed E-state index contributed by atoms with van der Waals surface area (Å²) in [5.74, 6) is 0.155. The van der Waals surface area contributed by atoms with Gasteiger partial charge in [-0.1, -0.05) is 30.7 Å². The van der Waals surface area contributed by atoms with Crippen molar-refractivity contribution < 1.29 is 14.3 Å². The minimum absolute atomic E-state index is 0.286. The summed E-state index contributed by atoms with van der Waals surface area (Å²) in [5, 5.41) is 0.570. The van der Waals surface area contributed by atoms with Gasteiger partial charge in [-0.3, -0.25) is 9.59 Å². The van der Waals surface area contributed by atoms with Gasteiger partial charge in [-0.05, 0) is 61.9 Å². The van der Waals surface area contributed by atoms with E-state index in [9.17, 15) is 9.59 Å². The number of halogens is 1. The Hall–Kier alpha value is -2.83. The second kappa shape index (κ2) is 9.35. The first-order valence-electron chi connectivity index (χ1n) is 11.0. The van der Waals surface area contributed by atoms with E-state index in [1.54, 1.807) is 18.2 Å². The minimum atomic E-state index is -0.309. The molecule has 2 aromatic rings. The van der Waals surface area contributed by atoms with Crippen LogP contribution in [0, 0.1) is 6.92 Å². The maximum absolute atomic E-state index is 13.7. The monoisotopic (exact) mass is 453 g/mol. The van der Waals surface area contributed by atoms with Crippen LogP contribution in [0.25, 0.3) is 5.57 Å². The van der Waals surface area contributed by atoms with Gasteiger partial charge < -0.3 is 14.5 Å². The lowest BCUT2D eigenvalue weighted by Crippen LogP contribution is -2.46. The van der Waals surface area contributed by atoms with E-state index in [-0.39, 0.29) is 11.8 Å². The number of hydrogen-bond acceptors (Lipinski definition) is 5. The molecule has 4 rings (SSSR count). The van der Waals surface area contributed by atoms with Crippen LogP contribution in [-0.2, 0) is 9.59 Å². The van der Waals surface area contributed by atoms with Gasteiger partial charge in [-0.15, -0.1) is 0 Å². The van der Waals surface area contributed by atoms with Crippen molar-refractivity contribution >= 4 is 34.7 Å². The summed E-state index contributed by atoms with van der Waals surface area (Å²) >= 11 is 6.11. The Labute approximate surface area is 194 Å². The molecule has 168 valence electrons. The number of ether oxygens (including phenoxy) is 1. The van der Waals surface area contributed by atoms with Crippen molar-refractivity contribution in [1.82, 2.24) is 9.80 Å². The predicted molar refractivity (Wildman–Crippen MR) is 127 cm³/mol. The number of aryl methyl sites for hydroxylation is 1. The second-order valence-electron chi connectivity index (χ2n) is 8.26. The number of carbonyl (C=O) groups excluding carboxylic acids is 2. The van der Waals surface area contributed by atoms with Crippen molar-refractivity contribution in [1.29, 1.82) is 0 Å². The Balaban J connectivity index is 1.76. The van der Waals surface area contributed by atoms with Gasteiger partial charge in [-0.25, -0.2) is 4.90 Å². The molecule has 7 heteroatoms. The molecule has 0 aliphatic carbocycles. The Morgan fingerprint density at radius 1 is 0.969 bits per heavy atom. The quantitative estimate of drug-likeness (QED) is 0.619. The van der Waals surface area contributed by atoms with Crippen LogP contribution in [0.15, 0.2) is 48.2 Å². The molecular weight excluding hydrogens is 426 g/mol. The van der Waals surface area contributed by atoms with E-state index < -0.39 is 0 Å². The number of imide groups is 1. The molecule has 2 amide bonds. The van der Waals surface area contributed by atoms with Crippen molar-refractivity contribution in [3.8, 4) is 5.75 Å². The molecule has 0 saturated carbocycles. The fraction of sp³-hybridized carbons (Fsp3) is 0.360. The number of likely N-dealkylation sites (N-methyl/N-ethyl adjacent to an activating group) is 1. The molecule has 0 N–H and O–H groups in total. The number of amides is 2. The van der Waals surface area contributed by atoms with Crippen LogP contribution >= 0.6 is 11.6 Å². The number of rotatable bonds is 6. The van der Waals surface area contributed by atoms with Crippen molar-refractivity contribution in [2.24, 2.45) is 0 Å². The van der Waals surface area contributed by atoms with Gasteiger partial charge in [0.1, 0.15) is 11.4 Å². The maximum atomic E-state index is 13.7. The summed E-state index contributed by atoms with van der Waals surface area (Å²) in [6, 6.07) is 12.6. The summed E-state index contributed by atoms with van der Waals surface area (Å²) < 4.78 is 5.69. The third-order valence-corrected chi connectivity index (χ3v) is 6.13. The third-order valence-electron chi connectivity index (χ3n) is 5.89. The Morgan fingerprint density at radius 3 is 2.28 bits per heavy atom. The SMILES string of the molecule is CCCOc1ccc(C2=C(N3CCN(C)CC3)C(=O)N(c3ccc(Cl)cc3C)C2=O)cc1. The van der Waals surface area contributed by atoms with Crippen molar-refractivity contribution in [3.05, 3.63) is 64.3 Å². The zero-order chi connectivity index (χ0) is 22.8. The topological polar surface area (TPSA) is 53.1 Å². The van der Waals surface area contributed by atoms with E-state index in [1.807, 2.05) is 36.1 Å². The molecule has 2 aliphatic heterocycles. The van der Waals surface area contributed by atoms with E-state index >= 15 is 0 Å². The fourth-order valence-corrected chi connectivity index (χ4v) is 4.35. The molecule has 2 aromatic carbocycles. The van der Waals surface area contributed by atoms with Gasteiger partial charge in [-0.2, -0.15) is 0 Å². The van der Waals surface area contributed by atoms with Gasteiger partial charge >= 0.3 is 0 Å². The molecule has 0 unspecified atom stereocenters. The van der Waals surface area contributed by atoms with E-state index in [0.717, 1.165) is 36.4 Å². The van der Waals surface area contributed by atoms with Crippen molar-refractivity contribution in [3.63, 3.8) is 0 Å². The Kier molecular flexibility index (Phi) is 6.53. The normalized spacial score (nSPS) is 17.5. The summed E-state index contributed by atoms with van der Waals surface area (Å²) in [4.78, 5) is 32.9. The Morgan fingerprint density at radius 2 is 1.66 bits per heavy atom. The highest BCUT2D eigenvalue weighted by Gasteiger charge is 2.43. The average Bonchev–Trinajstić information content (AvgIpc) is 3.03. The van der Waals surface area contributed by atoms with Gasteiger partial charge in [0.05, 0.1) is 17.9 Å². The molecule has 6 nitrogen and oxygen atoms in total. The lowest BCUT2D eigenvalue weighted by Gasteiger charge is -2.34. The summed E-state index contributed by atoms with van der Waals surface area (Å²) in [5.41, 5.74) is 2.97. The predicted octanol–water partition coefficient (Wildman–Crippen LogP) is 3.97. The molecule has 0 spiro atoms. The van der Waals surface area contributed by atoms with Crippen LogP contribution in [-0.4, -0.2) is 61.4 Å². The fourth-order valence-electron chi connectivity index (χ4n) is 4.13. The van der Waals surface area contributed by atoms with Crippen molar-refractivity contribution in [2.75, 3.05) is 44.7 Å². The van der Waals surface area contributed by atoms with E-state index in [2.05, 4.69) is 18.9 Å². The second-order valence-corrected chi connectivity index (χ2v) is 8.70. The molecule has 32 heavy (non-hydrogen) atoms. The maximum Gasteiger partial charge on any atom is 0.282 e. The van der Waals surface area contributed by atoms with Gasteiger partial charge in [0.25, 0.3) is 11.8 Å². The van der Waals surface area contributed by atoms with E-state index in [4.69, 9.17) is 16.3 Å². The number of anilines is 1. The largest absolute Gasteiger partial charge is 0.494 e. The van der Waals surface area contributed by atoms with Crippen molar-refractivity contribution in [2.45, 2.75) is 20.3 Å². The van der Waals surface area contributed by atoms with Crippen LogP contribution in [0.4, 0.5) is 5.69 Å². The summed E-state index contributed by atoms with van der Waals surface area (Å²) in [6.45, 7) is 7.60. The standard InChI is InChI=1S/C25H28ClN3O3/c1-4-15-32-20-8-5-18(6-9-20)22-23(28-13-11-27(3)12-14-28)25(31)29(24(22)30)21-10-7-19(26)16-17(21)2/h5-10,16H,4,11-15H2,1-3H3. The lowest BCUT2D eigenvalue weighted by atomic mass is 10.0. The summed E-state index contributed by atoms with van der Waals surface area (Å²) in [7, 11) is 2.06. The van der Waals surface area contributed by atoms with Crippen LogP contribution < -0.4 is 9.64 Å². The van der Waals surface area contributed by atoms with E-state index in [0.29, 0.717) is 41.7 Å². The highest BCUT2D eigenvalue weighted by Crippen LogP contribution is 2.37. The zero-order valence-corrected chi connectivity index (χ0v) is 19.5. The number of nitrogens with zero attached hydrogens (tertiary/aromatic N) is 3. The smallest absolute Gasteiger partial charge is 0.282 e. The van der Waals surface area contributed by atoms with Crippen LogP contribution in [0.3, 0.4) is 0 Å². The first-order valence-corrected chi connectivity index (χ1v) is 11.3. The summed E-state index contributed by atoms with van der Waals surface area (Å²) in [6.07, 6.45) is 0.919.